The summed E-state index contributed by atoms with van der Waals surface area (Å²) in [6, 6.07) is 3.19. The number of nitrogens with zero attached hydrogens (tertiary/aromatic N) is 1. The van der Waals surface area contributed by atoms with E-state index in [0.717, 1.165) is 17.8 Å². The Balaban J connectivity index is 2.08. The largest absolute Gasteiger partial charge is 0.376 e. The van der Waals surface area contributed by atoms with Crippen LogP contribution < -0.4 is 16.4 Å². The fraction of sp³-hybridized carbons (Fsp3) is 0.600. The quantitative estimate of drug-likeness (QED) is 0.611. The molecule has 1 aliphatic carbocycles. The van der Waals surface area contributed by atoms with Crippen LogP contribution in [0.25, 0.3) is 0 Å². The van der Waals surface area contributed by atoms with Gasteiger partial charge in [-0.3, -0.25) is 19.4 Å². The molecule has 0 saturated heterocycles. The molecule has 4 N–H and O–H groups in total. The van der Waals surface area contributed by atoms with Crippen molar-refractivity contribution in [2.75, 3.05) is 13.2 Å². The minimum Gasteiger partial charge on any atom is -0.376 e. The third-order valence-corrected chi connectivity index (χ3v) is 4.79. The lowest BCUT2D eigenvalue weighted by atomic mass is 9.83. The molecule has 0 aromatic carbocycles. The van der Waals surface area contributed by atoms with Gasteiger partial charge in [-0.2, -0.15) is 0 Å². The molecule has 28 heavy (non-hydrogen) atoms. The van der Waals surface area contributed by atoms with Crippen LogP contribution >= 0.6 is 0 Å². The zero-order valence-corrected chi connectivity index (χ0v) is 16.8. The van der Waals surface area contributed by atoms with Crippen molar-refractivity contribution in [2.45, 2.75) is 58.6 Å². The summed E-state index contributed by atoms with van der Waals surface area (Å²) in [5.74, 6) is -1.31. The van der Waals surface area contributed by atoms with Gasteiger partial charge < -0.3 is 21.1 Å². The Morgan fingerprint density at radius 3 is 2.50 bits per heavy atom. The number of carbonyl (C=O) groups excluding carboxylic acids is 3. The molecule has 1 aromatic heterocycles. The van der Waals surface area contributed by atoms with Crippen molar-refractivity contribution in [3.63, 3.8) is 0 Å². The van der Waals surface area contributed by atoms with E-state index in [0.29, 0.717) is 31.4 Å². The maximum Gasteiger partial charge on any atom is 0.251 e. The number of hydrogen-bond donors (Lipinski definition) is 3. The van der Waals surface area contributed by atoms with E-state index < -0.39 is 5.91 Å². The van der Waals surface area contributed by atoms with Gasteiger partial charge in [0, 0.05) is 29.5 Å². The van der Waals surface area contributed by atoms with Crippen LogP contribution in [0, 0.1) is 19.8 Å². The number of nitrogens with one attached hydrogen (secondary N) is 2. The first-order valence-corrected chi connectivity index (χ1v) is 9.74. The summed E-state index contributed by atoms with van der Waals surface area (Å²) in [6.45, 7) is 6.13. The van der Waals surface area contributed by atoms with Gasteiger partial charge in [-0.05, 0) is 51.7 Å². The normalized spacial score (nSPS) is 21.8. The summed E-state index contributed by atoms with van der Waals surface area (Å²) >= 11 is 0. The molecular weight excluding hydrogens is 360 g/mol. The van der Waals surface area contributed by atoms with Gasteiger partial charge >= 0.3 is 0 Å². The van der Waals surface area contributed by atoms with Crippen LogP contribution in [0.15, 0.2) is 12.1 Å². The van der Waals surface area contributed by atoms with Crippen LogP contribution in [0.3, 0.4) is 0 Å². The minimum absolute atomic E-state index is 0.145. The second-order valence-electron chi connectivity index (χ2n) is 7.32. The molecule has 1 aliphatic rings. The van der Waals surface area contributed by atoms with E-state index in [1.54, 1.807) is 12.1 Å². The molecule has 0 bridgehead atoms. The lowest BCUT2D eigenvalue weighted by Gasteiger charge is -2.36. The van der Waals surface area contributed by atoms with Crippen molar-refractivity contribution in [3.05, 3.63) is 29.1 Å². The molecule has 1 saturated carbocycles. The van der Waals surface area contributed by atoms with E-state index >= 15 is 0 Å². The molecule has 0 aliphatic heterocycles. The van der Waals surface area contributed by atoms with E-state index in [4.69, 9.17) is 10.5 Å². The predicted molar refractivity (Wildman–Crippen MR) is 105 cm³/mol. The Morgan fingerprint density at radius 2 is 1.89 bits per heavy atom. The average molecular weight is 390 g/mol. The van der Waals surface area contributed by atoms with Crippen molar-refractivity contribution >= 4 is 17.7 Å². The molecule has 8 nitrogen and oxygen atoms in total. The molecule has 154 valence electrons. The highest BCUT2D eigenvalue weighted by molar-refractivity contribution is 5.94. The lowest BCUT2D eigenvalue weighted by Crippen LogP contribution is -2.51. The van der Waals surface area contributed by atoms with Gasteiger partial charge in [0.15, 0.2) is 0 Å². The SMILES string of the molecule is CCCO[C@@H]1CC[C@H](C(=O)NCC(N)=O)C[C@H]1NC(=O)c1cc(C)nc(C)c1. The van der Waals surface area contributed by atoms with Gasteiger partial charge in [0.25, 0.3) is 5.91 Å². The third kappa shape index (κ3) is 6.30. The smallest absolute Gasteiger partial charge is 0.251 e. The zero-order valence-electron chi connectivity index (χ0n) is 16.8. The van der Waals surface area contributed by atoms with Gasteiger partial charge in [-0.25, -0.2) is 0 Å². The summed E-state index contributed by atoms with van der Waals surface area (Å²) in [5.41, 5.74) is 7.18. The minimum atomic E-state index is -0.582. The van der Waals surface area contributed by atoms with Crippen LogP contribution in [0.2, 0.25) is 0 Å². The summed E-state index contributed by atoms with van der Waals surface area (Å²) in [4.78, 5) is 40.3. The Bertz CT molecular complexity index is 702. The first kappa shape index (κ1) is 21.8. The van der Waals surface area contributed by atoms with E-state index in [1.165, 1.54) is 0 Å². The molecule has 2 rings (SSSR count). The average Bonchev–Trinajstić information content (AvgIpc) is 2.64. The fourth-order valence-corrected chi connectivity index (χ4v) is 3.54. The number of aryl methyl sites for hydroxylation is 2. The van der Waals surface area contributed by atoms with Crippen LogP contribution in [0.5, 0.6) is 0 Å². The molecule has 0 unspecified atom stereocenters. The first-order valence-electron chi connectivity index (χ1n) is 9.74. The van der Waals surface area contributed by atoms with Crippen molar-refractivity contribution in [2.24, 2.45) is 11.7 Å². The van der Waals surface area contributed by atoms with E-state index in [1.807, 2.05) is 20.8 Å². The summed E-state index contributed by atoms with van der Waals surface area (Å²) in [7, 11) is 0. The second kappa shape index (κ2) is 10.2. The van der Waals surface area contributed by atoms with Crippen LogP contribution in [-0.2, 0) is 14.3 Å². The highest BCUT2D eigenvalue weighted by Crippen LogP contribution is 2.27. The van der Waals surface area contributed by atoms with E-state index in [9.17, 15) is 14.4 Å². The van der Waals surface area contributed by atoms with Gasteiger partial charge in [0.05, 0.1) is 18.7 Å². The Labute approximate surface area is 165 Å². The molecule has 1 heterocycles. The fourth-order valence-electron chi connectivity index (χ4n) is 3.54. The number of hydrogen-bond acceptors (Lipinski definition) is 5. The Hall–Kier alpha value is -2.48. The van der Waals surface area contributed by atoms with Crippen molar-refractivity contribution < 1.29 is 19.1 Å². The molecule has 0 radical (unpaired) electrons. The van der Waals surface area contributed by atoms with E-state index in [-0.39, 0.29) is 36.4 Å². The monoisotopic (exact) mass is 390 g/mol. The maximum absolute atomic E-state index is 12.8. The molecule has 3 amide bonds. The molecule has 1 fully saturated rings. The Kier molecular flexibility index (Phi) is 7.92. The summed E-state index contributed by atoms with van der Waals surface area (Å²) in [6.07, 6.45) is 2.48. The molecule has 3 atom stereocenters. The number of amides is 3. The number of nitrogens with two attached hydrogens (primary N) is 1. The van der Waals surface area contributed by atoms with Crippen molar-refractivity contribution in [1.29, 1.82) is 0 Å². The number of aromatic nitrogens is 1. The number of carbonyl (C=O) groups is 3. The van der Waals surface area contributed by atoms with Crippen LogP contribution in [0.4, 0.5) is 0 Å². The molecule has 8 heteroatoms. The van der Waals surface area contributed by atoms with Crippen molar-refractivity contribution in [1.82, 2.24) is 15.6 Å². The number of primary amides is 1. The molecular formula is C20H30N4O4. The lowest BCUT2D eigenvalue weighted by molar-refractivity contribution is -0.129. The Morgan fingerprint density at radius 1 is 1.21 bits per heavy atom. The summed E-state index contributed by atoms with van der Waals surface area (Å²) in [5, 5.41) is 5.59. The highest BCUT2D eigenvalue weighted by atomic mass is 16.5. The zero-order chi connectivity index (χ0) is 20.7. The van der Waals surface area contributed by atoms with Crippen molar-refractivity contribution in [3.8, 4) is 0 Å². The van der Waals surface area contributed by atoms with Gasteiger partial charge in [0.1, 0.15) is 0 Å². The predicted octanol–water partition coefficient (Wildman–Crippen LogP) is 0.994. The number of rotatable bonds is 8. The van der Waals surface area contributed by atoms with Crippen LogP contribution in [0.1, 0.15) is 54.4 Å². The molecule has 1 aromatic rings. The van der Waals surface area contributed by atoms with Gasteiger partial charge in [-0.15, -0.1) is 0 Å². The molecule has 0 spiro atoms. The second-order valence-corrected chi connectivity index (χ2v) is 7.32. The highest BCUT2D eigenvalue weighted by Gasteiger charge is 2.35. The van der Waals surface area contributed by atoms with E-state index in [2.05, 4.69) is 15.6 Å². The standard InChI is InChI=1S/C20H30N4O4/c1-4-7-28-17-6-5-14(19(26)22-11-18(21)25)10-16(17)24-20(27)15-8-12(2)23-13(3)9-15/h8-9,14,16-17H,4-7,10-11H2,1-3H3,(H2,21,25)(H,22,26)(H,24,27)/t14-,16+,17+/m0/s1. The topological polar surface area (TPSA) is 123 Å². The maximum atomic E-state index is 12.8. The third-order valence-electron chi connectivity index (χ3n) is 4.79. The van der Waals surface area contributed by atoms with Gasteiger partial charge in [0.2, 0.25) is 11.8 Å². The van der Waals surface area contributed by atoms with Gasteiger partial charge in [-0.1, -0.05) is 6.92 Å². The summed E-state index contributed by atoms with van der Waals surface area (Å²) < 4.78 is 5.92. The number of ether oxygens (including phenoxy) is 1. The van der Waals surface area contributed by atoms with Crippen LogP contribution in [-0.4, -0.2) is 48.0 Å². The first-order chi connectivity index (χ1) is 13.3. The number of pyridine rings is 1.